The van der Waals surface area contributed by atoms with Gasteiger partial charge < -0.3 is 15.1 Å². The minimum absolute atomic E-state index is 0.0680. The molecule has 1 unspecified atom stereocenters. The number of hydrogen-bond acceptors (Lipinski definition) is 4. The highest BCUT2D eigenvalue weighted by molar-refractivity contribution is 7.98. The molecule has 0 radical (unpaired) electrons. The Morgan fingerprint density at radius 3 is 2.69 bits per heavy atom. The molecule has 0 aliphatic heterocycles. The number of furan rings is 1. The molecule has 1 heterocycles. The summed E-state index contributed by atoms with van der Waals surface area (Å²) in [5, 5.41) is 5.17. The van der Waals surface area contributed by atoms with Crippen LogP contribution in [0.25, 0.3) is 0 Å². The van der Waals surface area contributed by atoms with Crippen molar-refractivity contribution >= 4 is 23.6 Å². The summed E-state index contributed by atoms with van der Waals surface area (Å²) in [6.45, 7) is -0.0680. The van der Waals surface area contributed by atoms with Crippen molar-refractivity contribution in [2.24, 2.45) is 0 Å². The summed E-state index contributed by atoms with van der Waals surface area (Å²) < 4.78 is 43.1. The molecule has 2 N–H and O–H groups in total. The Kier molecular flexibility index (Phi) is 8.21. The number of alkyl halides is 3. The number of benzene rings is 1. The number of carbonyl (C=O) groups is 2. The third-order valence-electron chi connectivity index (χ3n) is 3.75. The number of halogens is 3. The van der Waals surface area contributed by atoms with Crippen molar-refractivity contribution in [1.82, 2.24) is 10.6 Å². The molecule has 0 saturated carbocycles. The fraction of sp³-hybridized carbons (Fsp3) is 0.300. The maximum atomic E-state index is 12.7. The average molecular weight is 424 g/mol. The van der Waals surface area contributed by atoms with Gasteiger partial charge in [0.05, 0.1) is 18.4 Å². The summed E-state index contributed by atoms with van der Waals surface area (Å²) in [4.78, 5) is 24.5. The number of amides is 2. The first-order valence-electron chi connectivity index (χ1n) is 8.58. The molecule has 1 atom stereocenters. The SMILES string of the molecule is CSCCC(NC(=O)c1ccco1)C(=O)NCC#Cc1cccc(C(F)(F)F)c1. The Labute approximate surface area is 170 Å². The van der Waals surface area contributed by atoms with Gasteiger partial charge in [-0.2, -0.15) is 24.9 Å². The molecule has 5 nitrogen and oxygen atoms in total. The molecule has 0 aliphatic carbocycles. The Balaban J connectivity index is 1.95. The molecule has 2 amide bonds. The molecule has 1 aromatic heterocycles. The summed E-state index contributed by atoms with van der Waals surface area (Å²) in [6, 6.07) is 6.90. The predicted octanol–water partition coefficient (Wildman–Crippen LogP) is 3.32. The van der Waals surface area contributed by atoms with E-state index in [1.54, 1.807) is 6.07 Å². The number of carbonyl (C=O) groups excluding carboxylic acids is 2. The topological polar surface area (TPSA) is 71.3 Å². The maximum Gasteiger partial charge on any atom is 0.416 e. The van der Waals surface area contributed by atoms with Crippen LogP contribution in [0.1, 0.15) is 28.1 Å². The molecule has 9 heteroatoms. The van der Waals surface area contributed by atoms with E-state index in [1.165, 1.54) is 36.2 Å². The fourth-order valence-corrected chi connectivity index (χ4v) is 2.79. The average Bonchev–Trinajstić information content (AvgIpc) is 3.22. The zero-order valence-electron chi connectivity index (χ0n) is 15.5. The normalized spacial score (nSPS) is 11.9. The summed E-state index contributed by atoms with van der Waals surface area (Å²) in [5.41, 5.74) is -0.592. The van der Waals surface area contributed by atoms with Gasteiger partial charge in [-0.3, -0.25) is 9.59 Å². The number of rotatable bonds is 7. The standard InChI is InChI=1S/C20H19F3N2O3S/c1-29-12-9-16(25-19(27)17-8-4-11-28-17)18(26)24-10-3-6-14-5-2-7-15(13-14)20(21,22)23/h2,4-5,7-8,11,13,16H,9-10,12H2,1H3,(H,24,26)(H,25,27). The second-order valence-corrected chi connectivity index (χ2v) is 6.87. The van der Waals surface area contributed by atoms with Gasteiger partial charge in [0.2, 0.25) is 5.91 Å². The second-order valence-electron chi connectivity index (χ2n) is 5.88. The third kappa shape index (κ3) is 7.23. The van der Waals surface area contributed by atoms with Crippen molar-refractivity contribution in [3.05, 3.63) is 59.5 Å². The van der Waals surface area contributed by atoms with Crippen molar-refractivity contribution in [3.8, 4) is 11.8 Å². The lowest BCUT2D eigenvalue weighted by molar-refractivity contribution is -0.137. The van der Waals surface area contributed by atoms with Gasteiger partial charge in [0.1, 0.15) is 6.04 Å². The minimum Gasteiger partial charge on any atom is -0.459 e. The van der Waals surface area contributed by atoms with Crippen LogP contribution in [0, 0.1) is 11.8 Å². The van der Waals surface area contributed by atoms with Gasteiger partial charge in [0.15, 0.2) is 5.76 Å². The first-order chi connectivity index (χ1) is 13.8. The van der Waals surface area contributed by atoms with Gasteiger partial charge in [-0.25, -0.2) is 0 Å². The van der Waals surface area contributed by atoms with Crippen molar-refractivity contribution in [2.75, 3.05) is 18.6 Å². The van der Waals surface area contributed by atoms with Crippen LogP contribution in [0.4, 0.5) is 13.2 Å². The van der Waals surface area contributed by atoms with Crippen LogP contribution >= 0.6 is 11.8 Å². The van der Waals surface area contributed by atoms with E-state index < -0.39 is 29.6 Å². The molecule has 0 spiro atoms. The van der Waals surface area contributed by atoms with E-state index in [4.69, 9.17) is 4.42 Å². The largest absolute Gasteiger partial charge is 0.459 e. The zero-order chi connectivity index (χ0) is 21.3. The number of nitrogens with one attached hydrogen (secondary N) is 2. The van der Waals surface area contributed by atoms with E-state index in [9.17, 15) is 22.8 Å². The van der Waals surface area contributed by atoms with Gasteiger partial charge in [-0.15, -0.1) is 0 Å². The Bertz CT molecular complexity index is 886. The van der Waals surface area contributed by atoms with Crippen LogP contribution in [0.2, 0.25) is 0 Å². The van der Waals surface area contributed by atoms with Crippen molar-refractivity contribution in [2.45, 2.75) is 18.6 Å². The van der Waals surface area contributed by atoms with Crippen molar-refractivity contribution in [3.63, 3.8) is 0 Å². The quantitative estimate of drug-likeness (QED) is 0.669. The van der Waals surface area contributed by atoms with Crippen LogP contribution in [-0.4, -0.2) is 36.4 Å². The molecule has 0 bridgehead atoms. The van der Waals surface area contributed by atoms with Crippen LogP contribution in [0.3, 0.4) is 0 Å². The van der Waals surface area contributed by atoms with Gasteiger partial charge in [-0.05, 0) is 48.8 Å². The van der Waals surface area contributed by atoms with Gasteiger partial charge in [-0.1, -0.05) is 17.9 Å². The molecule has 1 aromatic carbocycles. The first-order valence-corrected chi connectivity index (χ1v) is 9.98. The first kappa shape index (κ1) is 22.4. The maximum absolute atomic E-state index is 12.7. The lowest BCUT2D eigenvalue weighted by Crippen LogP contribution is -2.47. The second kappa shape index (κ2) is 10.6. The van der Waals surface area contributed by atoms with Crippen molar-refractivity contribution in [1.29, 1.82) is 0 Å². The van der Waals surface area contributed by atoms with E-state index in [1.807, 2.05) is 6.26 Å². The number of thioether (sulfide) groups is 1. The molecule has 0 saturated heterocycles. The Morgan fingerprint density at radius 1 is 1.24 bits per heavy atom. The lowest BCUT2D eigenvalue weighted by atomic mass is 10.1. The Morgan fingerprint density at radius 2 is 2.03 bits per heavy atom. The third-order valence-corrected chi connectivity index (χ3v) is 4.40. The molecule has 0 fully saturated rings. The molecule has 29 heavy (non-hydrogen) atoms. The Hall–Kier alpha value is -2.86. The van der Waals surface area contributed by atoms with Gasteiger partial charge in [0, 0.05) is 5.56 Å². The van der Waals surface area contributed by atoms with E-state index in [2.05, 4.69) is 22.5 Å². The van der Waals surface area contributed by atoms with Crippen LogP contribution in [0.15, 0.2) is 47.1 Å². The summed E-state index contributed by atoms with van der Waals surface area (Å²) in [5.74, 6) is 5.00. The highest BCUT2D eigenvalue weighted by Crippen LogP contribution is 2.29. The molecule has 154 valence electrons. The predicted molar refractivity (Wildman–Crippen MR) is 104 cm³/mol. The molecular formula is C20H19F3N2O3S. The summed E-state index contributed by atoms with van der Waals surface area (Å²) in [7, 11) is 0. The molecule has 0 aliphatic rings. The van der Waals surface area contributed by atoms with Gasteiger partial charge in [0.25, 0.3) is 5.91 Å². The smallest absolute Gasteiger partial charge is 0.416 e. The van der Waals surface area contributed by atoms with E-state index in [0.29, 0.717) is 12.2 Å². The van der Waals surface area contributed by atoms with Crippen LogP contribution in [-0.2, 0) is 11.0 Å². The number of hydrogen-bond donors (Lipinski definition) is 2. The van der Waals surface area contributed by atoms with E-state index in [-0.39, 0.29) is 17.9 Å². The fourth-order valence-electron chi connectivity index (χ4n) is 2.32. The highest BCUT2D eigenvalue weighted by Gasteiger charge is 2.30. The molecular weight excluding hydrogens is 405 g/mol. The van der Waals surface area contributed by atoms with Crippen LogP contribution in [0.5, 0.6) is 0 Å². The molecule has 2 aromatic rings. The van der Waals surface area contributed by atoms with Crippen LogP contribution < -0.4 is 10.6 Å². The highest BCUT2D eigenvalue weighted by atomic mass is 32.2. The van der Waals surface area contributed by atoms with Crippen molar-refractivity contribution < 1.29 is 27.2 Å². The monoisotopic (exact) mass is 424 g/mol. The summed E-state index contributed by atoms with van der Waals surface area (Å²) >= 11 is 1.53. The van der Waals surface area contributed by atoms with E-state index >= 15 is 0 Å². The summed E-state index contributed by atoms with van der Waals surface area (Å²) in [6.07, 6.45) is -0.803. The zero-order valence-corrected chi connectivity index (χ0v) is 16.3. The van der Waals surface area contributed by atoms with Gasteiger partial charge >= 0.3 is 6.18 Å². The van der Waals surface area contributed by atoms with E-state index in [0.717, 1.165) is 12.1 Å². The lowest BCUT2D eigenvalue weighted by Gasteiger charge is -2.16. The molecule has 2 rings (SSSR count). The minimum atomic E-state index is -4.44.